The number of furan rings is 2. The maximum Gasteiger partial charge on any atom is 2.00 e. The molecule has 2 heterocycles. The molecule has 0 fully saturated rings. The summed E-state index contributed by atoms with van der Waals surface area (Å²) in [7, 11) is 11.3. The van der Waals surface area contributed by atoms with Crippen LogP contribution < -0.4 is 51.9 Å². The Morgan fingerprint density at radius 2 is 0.845 bits per heavy atom. The molecule has 71 heavy (non-hydrogen) atoms. The molecule has 2 rings (SSSR count). The minimum Gasteiger partial charge on any atom is -0.550 e. The Bertz CT molecular complexity index is 1840. The summed E-state index contributed by atoms with van der Waals surface area (Å²) in [6, 6.07) is 7.97. The second kappa shape index (κ2) is 40.8. The molecule has 0 aliphatic heterocycles. The van der Waals surface area contributed by atoms with Gasteiger partial charge in [0.15, 0.2) is 11.6 Å². The summed E-state index contributed by atoms with van der Waals surface area (Å²) in [4.78, 5) is 83.8. The van der Waals surface area contributed by atoms with Gasteiger partial charge < -0.3 is 110 Å². The smallest absolute Gasteiger partial charge is 0.550 e. The molecule has 0 aliphatic rings. The molecule has 6 N–H and O–H groups in total. The average molecular weight is 1200 g/mol. The van der Waals surface area contributed by atoms with E-state index >= 15 is 0 Å². The first kappa shape index (κ1) is 75.2. The Labute approximate surface area is 454 Å². The molecular formula is C38H54N8O20S2Zn3. The summed E-state index contributed by atoms with van der Waals surface area (Å²) < 4.78 is 11.4. The summed E-state index contributed by atoms with van der Waals surface area (Å²) in [5.74, 6) is -4.08. The molecule has 0 radical (unpaired) electrons. The van der Waals surface area contributed by atoms with Gasteiger partial charge in [-0.05, 0) is 52.5 Å². The SMILES string of the molecule is CNC(=C[N+](=O)[O-])NCCSCc1ccc(CN(C)C)o1.CNC(=C[N+](=O)[O-])NCCSCc1ccc(CN(C)C)o1.O=C([O-])CC(O)(CC(=O)[O-])C(=O)[O-].O=C([O-])CC(O)(CC(=O)[O-])C(=O)[O-].[Zn+2].[Zn+2].[Zn+2]. The number of carboxylic acid groups (broad SMARTS) is 6. The van der Waals surface area contributed by atoms with Crippen LogP contribution in [0.1, 0.15) is 48.7 Å². The fraction of sp³-hybridized carbons (Fsp3) is 0.526. The van der Waals surface area contributed by atoms with Gasteiger partial charge in [0.1, 0.15) is 34.2 Å². The van der Waals surface area contributed by atoms with Crippen LogP contribution in [-0.4, -0.2) is 144 Å². The molecule has 0 saturated carbocycles. The van der Waals surface area contributed by atoms with E-state index in [0.717, 1.165) is 71.5 Å². The average Bonchev–Trinajstić information content (AvgIpc) is 3.83. The van der Waals surface area contributed by atoms with Crippen molar-refractivity contribution in [2.75, 3.05) is 66.9 Å². The van der Waals surface area contributed by atoms with Crippen LogP contribution >= 0.6 is 23.5 Å². The summed E-state index contributed by atoms with van der Waals surface area (Å²) in [6.07, 6.45) is -3.59. The number of hydrogen-bond acceptors (Lipinski definition) is 28. The third-order valence-corrected chi connectivity index (χ3v) is 9.47. The van der Waals surface area contributed by atoms with Gasteiger partial charge in [0.25, 0.3) is 12.4 Å². The Kier molecular flexibility index (Phi) is 43.2. The predicted molar refractivity (Wildman–Crippen MR) is 227 cm³/mol. The fourth-order valence-electron chi connectivity index (χ4n) is 4.63. The van der Waals surface area contributed by atoms with E-state index in [-0.39, 0.29) is 58.4 Å². The Morgan fingerprint density at radius 3 is 1.06 bits per heavy atom. The number of rotatable bonds is 30. The minimum atomic E-state index is -2.97. The van der Waals surface area contributed by atoms with E-state index in [4.69, 9.17) is 19.0 Å². The van der Waals surface area contributed by atoms with Gasteiger partial charge in [-0.15, -0.1) is 0 Å². The number of carbonyl (C=O) groups excluding carboxylic acids is 6. The molecule has 28 nitrogen and oxygen atoms in total. The van der Waals surface area contributed by atoms with E-state index in [1.807, 2.05) is 52.5 Å². The normalized spacial score (nSPS) is 10.9. The van der Waals surface area contributed by atoms with Crippen LogP contribution in [0.15, 0.2) is 57.1 Å². The van der Waals surface area contributed by atoms with Crippen molar-refractivity contribution in [2.45, 2.75) is 61.5 Å². The van der Waals surface area contributed by atoms with Gasteiger partial charge >= 0.3 is 58.4 Å². The monoisotopic (exact) mass is 1200 g/mol. The molecule has 0 spiro atoms. The van der Waals surface area contributed by atoms with Gasteiger partial charge in [-0.3, -0.25) is 20.2 Å². The molecule has 384 valence electrons. The van der Waals surface area contributed by atoms with E-state index in [9.17, 15) is 79.6 Å². The number of nitro groups is 2. The van der Waals surface area contributed by atoms with Crippen molar-refractivity contribution in [3.8, 4) is 0 Å². The van der Waals surface area contributed by atoms with Crippen LogP contribution in [-0.2, 0) is 112 Å². The van der Waals surface area contributed by atoms with Crippen molar-refractivity contribution in [3.63, 3.8) is 0 Å². The molecule has 0 unspecified atom stereocenters. The van der Waals surface area contributed by atoms with Crippen LogP contribution in [0.2, 0.25) is 0 Å². The van der Waals surface area contributed by atoms with Crippen LogP contribution in [0.25, 0.3) is 0 Å². The maximum atomic E-state index is 10.3. The Hall–Kier alpha value is -4.73. The molecule has 0 atom stereocenters. The standard InChI is InChI=1S/2C13H22N4O3S.2C6H8O7.3Zn/c2*1-14-13(9-17(18)19)15-6-7-21-10-12-5-4-11(20-12)8-16(2)3;2*7-3(8)1-6(13,5(11)12)2-4(9)10;;;/h2*4-5,9,14-15H,6-8,10H2,1-3H3;2*13H,1-2H2,(H,7,8)(H,9,10)(H,11,12);;;/q;;;;3*+2/p-6. The largest absolute Gasteiger partial charge is 2.00 e. The number of aliphatic carboxylic acids is 6. The minimum absolute atomic E-state index is 0. The number of nitrogens with zero attached hydrogens (tertiary/aromatic N) is 4. The summed E-state index contributed by atoms with van der Waals surface area (Å²) in [5, 5.41) is 110. The van der Waals surface area contributed by atoms with E-state index in [2.05, 4.69) is 31.1 Å². The molecule has 0 amide bonds. The van der Waals surface area contributed by atoms with Gasteiger partial charge in [-0.2, -0.15) is 23.5 Å². The number of carboxylic acids is 6. The van der Waals surface area contributed by atoms with Gasteiger partial charge in [0.2, 0.25) is 0 Å². The molecule has 2 aromatic heterocycles. The topological polar surface area (TPSA) is 448 Å². The molecule has 0 bridgehead atoms. The number of carbonyl (C=O) groups is 6. The summed E-state index contributed by atoms with van der Waals surface area (Å²) in [6.45, 7) is 2.89. The zero-order valence-corrected chi connectivity index (χ0v) is 50.5. The van der Waals surface area contributed by atoms with Crippen LogP contribution in [0.3, 0.4) is 0 Å². The zero-order valence-electron chi connectivity index (χ0n) is 39.9. The summed E-state index contributed by atoms with van der Waals surface area (Å²) in [5.41, 5.74) is -5.95. The molecule has 2 aromatic rings. The van der Waals surface area contributed by atoms with Crippen LogP contribution in [0.4, 0.5) is 0 Å². The van der Waals surface area contributed by atoms with Crippen molar-refractivity contribution in [2.24, 2.45) is 0 Å². The number of nitrogens with one attached hydrogen (secondary N) is 4. The van der Waals surface area contributed by atoms with Crippen molar-refractivity contribution in [1.29, 1.82) is 0 Å². The quantitative estimate of drug-likeness (QED) is 0.0183. The predicted octanol–water partition coefficient (Wildman–Crippen LogP) is -7.59. The van der Waals surface area contributed by atoms with Gasteiger partial charge in [-0.1, -0.05) is 0 Å². The molecular weight excluding hydrogens is 1150 g/mol. The third-order valence-electron chi connectivity index (χ3n) is 7.51. The van der Waals surface area contributed by atoms with E-state index < -0.39 is 82.5 Å². The van der Waals surface area contributed by atoms with Gasteiger partial charge in [0, 0.05) is 88.3 Å². The number of hydrogen-bond donors (Lipinski definition) is 6. The van der Waals surface area contributed by atoms with Crippen molar-refractivity contribution >= 4 is 59.3 Å². The van der Waals surface area contributed by atoms with Crippen molar-refractivity contribution in [1.82, 2.24) is 31.1 Å². The van der Waals surface area contributed by atoms with Gasteiger partial charge in [0.05, 0.1) is 46.4 Å². The van der Waals surface area contributed by atoms with E-state index in [0.29, 0.717) is 24.7 Å². The third kappa shape index (κ3) is 39.6. The molecule has 0 saturated heterocycles. The van der Waals surface area contributed by atoms with E-state index in [1.165, 1.54) is 0 Å². The van der Waals surface area contributed by atoms with E-state index in [1.54, 1.807) is 37.6 Å². The molecule has 0 aliphatic carbocycles. The molecule has 0 aromatic carbocycles. The summed E-state index contributed by atoms with van der Waals surface area (Å²) >= 11 is 3.43. The Balaban J connectivity index is -0.000000276. The van der Waals surface area contributed by atoms with Gasteiger partial charge in [-0.25, -0.2) is 0 Å². The Morgan fingerprint density at radius 1 is 0.577 bits per heavy atom. The number of thioether (sulfide) groups is 2. The second-order valence-corrected chi connectivity index (χ2v) is 16.4. The first-order chi connectivity index (χ1) is 31.6. The first-order valence-corrected chi connectivity index (χ1v) is 21.7. The maximum absolute atomic E-state index is 10.3. The van der Waals surface area contributed by atoms with Crippen molar-refractivity contribution in [3.05, 3.63) is 91.6 Å². The van der Waals surface area contributed by atoms with Crippen molar-refractivity contribution < 1.29 is 147 Å². The zero-order chi connectivity index (χ0) is 52.6. The van der Waals surface area contributed by atoms with Crippen LogP contribution in [0, 0.1) is 20.2 Å². The second-order valence-electron chi connectivity index (χ2n) is 14.2. The molecule has 33 heteroatoms. The first-order valence-electron chi connectivity index (χ1n) is 19.4. The number of aliphatic hydroxyl groups is 2. The van der Waals surface area contributed by atoms with Crippen LogP contribution in [0.5, 0.6) is 0 Å². The fourth-order valence-corrected chi connectivity index (χ4v) is 6.13.